The van der Waals surface area contributed by atoms with Crippen LogP contribution in [-0.2, 0) is 4.79 Å². The van der Waals surface area contributed by atoms with Crippen molar-refractivity contribution in [3.05, 3.63) is 30.1 Å². The summed E-state index contributed by atoms with van der Waals surface area (Å²) in [5.74, 6) is -1.13. The van der Waals surface area contributed by atoms with Gasteiger partial charge in [-0.05, 0) is 12.1 Å². The Morgan fingerprint density at radius 1 is 1.38 bits per heavy atom. The molecule has 1 aromatic rings. The molecule has 16 heavy (non-hydrogen) atoms. The molecule has 1 atom stereocenters. The van der Waals surface area contributed by atoms with Gasteiger partial charge < -0.3 is 0 Å². The van der Waals surface area contributed by atoms with E-state index < -0.39 is 11.8 Å². The quantitative estimate of drug-likeness (QED) is 0.783. The molecule has 0 saturated carbocycles. The lowest BCUT2D eigenvalue weighted by Crippen LogP contribution is -2.54. The second kappa shape index (κ2) is 3.92. The highest BCUT2D eigenvalue weighted by Gasteiger charge is 2.31. The zero-order valence-electron chi connectivity index (χ0n) is 8.74. The average Bonchev–Trinajstić information content (AvgIpc) is 2.25. The van der Waals surface area contributed by atoms with Crippen molar-refractivity contribution in [3.63, 3.8) is 0 Å². The highest BCUT2D eigenvalue weighted by atomic mass is 19.1. The van der Waals surface area contributed by atoms with Gasteiger partial charge in [-0.15, -0.1) is 0 Å². The molecule has 4 nitrogen and oxygen atoms in total. The molecule has 0 radical (unpaired) electrons. The number of imide groups is 1. The number of hydrogen-bond donors (Lipinski definition) is 1. The van der Waals surface area contributed by atoms with Crippen molar-refractivity contribution >= 4 is 17.6 Å². The lowest BCUT2D eigenvalue weighted by Gasteiger charge is -2.30. The van der Waals surface area contributed by atoms with Crippen molar-refractivity contribution in [2.45, 2.75) is 6.92 Å². The highest BCUT2D eigenvalue weighted by Crippen LogP contribution is 2.21. The fourth-order valence-corrected chi connectivity index (χ4v) is 1.61. The number of carbonyl (C=O) groups excluding carboxylic acids is 2. The van der Waals surface area contributed by atoms with Crippen LogP contribution >= 0.6 is 0 Å². The molecule has 1 aliphatic rings. The summed E-state index contributed by atoms with van der Waals surface area (Å²) in [5, 5.41) is 2.19. The van der Waals surface area contributed by atoms with E-state index in [2.05, 4.69) is 5.32 Å². The zero-order valence-corrected chi connectivity index (χ0v) is 8.74. The normalized spacial score (nSPS) is 20.9. The number of nitrogens with zero attached hydrogens (tertiary/aromatic N) is 1. The molecule has 2 rings (SSSR count). The van der Waals surface area contributed by atoms with Crippen molar-refractivity contribution in [1.82, 2.24) is 5.32 Å². The van der Waals surface area contributed by atoms with Crippen LogP contribution in [0, 0.1) is 11.7 Å². The lowest BCUT2D eigenvalue weighted by atomic mass is 10.1. The number of para-hydroxylation sites is 1. The fourth-order valence-electron chi connectivity index (χ4n) is 1.61. The summed E-state index contributed by atoms with van der Waals surface area (Å²) in [6, 6.07) is 5.41. The van der Waals surface area contributed by atoms with Crippen molar-refractivity contribution in [3.8, 4) is 0 Å². The molecule has 84 valence electrons. The van der Waals surface area contributed by atoms with E-state index in [9.17, 15) is 14.0 Å². The maximum absolute atomic E-state index is 13.5. The Hall–Kier alpha value is -1.91. The van der Waals surface area contributed by atoms with Gasteiger partial charge in [0.25, 0.3) is 0 Å². The smallest absolute Gasteiger partial charge is 0.290 e. The molecule has 1 aliphatic heterocycles. The third kappa shape index (κ3) is 1.76. The number of carbonyl (C=O) groups is 2. The third-order valence-electron chi connectivity index (χ3n) is 2.52. The van der Waals surface area contributed by atoms with Crippen molar-refractivity contribution in [2.24, 2.45) is 5.92 Å². The first-order valence-corrected chi connectivity index (χ1v) is 4.96. The van der Waals surface area contributed by atoms with Gasteiger partial charge in [-0.25, -0.2) is 9.18 Å². The Morgan fingerprint density at radius 3 is 2.75 bits per heavy atom. The summed E-state index contributed by atoms with van der Waals surface area (Å²) in [6.45, 7) is 1.89. The number of amides is 3. The Labute approximate surface area is 92.0 Å². The molecule has 5 heteroatoms. The minimum atomic E-state index is -0.576. The van der Waals surface area contributed by atoms with Gasteiger partial charge in [-0.1, -0.05) is 19.1 Å². The van der Waals surface area contributed by atoms with Crippen LogP contribution in [0.5, 0.6) is 0 Å². The summed E-state index contributed by atoms with van der Waals surface area (Å²) in [7, 11) is 0. The molecule has 0 aliphatic carbocycles. The summed E-state index contributed by atoms with van der Waals surface area (Å²) in [6.07, 6.45) is 0. The number of rotatable bonds is 1. The van der Waals surface area contributed by atoms with Crippen molar-refractivity contribution < 1.29 is 14.0 Å². The number of benzene rings is 1. The third-order valence-corrected chi connectivity index (χ3v) is 2.52. The second-order valence-electron chi connectivity index (χ2n) is 3.76. The summed E-state index contributed by atoms with van der Waals surface area (Å²) < 4.78 is 13.5. The Kier molecular flexibility index (Phi) is 2.60. The number of hydrogen-bond acceptors (Lipinski definition) is 2. The Bertz CT molecular complexity index is 447. The molecule has 0 bridgehead atoms. The number of nitrogens with one attached hydrogen (secondary N) is 1. The van der Waals surface area contributed by atoms with E-state index in [1.54, 1.807) is 19.1 Å². The van der Waals surface area contributed by atoms with E-state index in [0.29, 0.717) is 0 Å². The zero-order chi connectivity index (χ0) is 11.7. The van der Waals surface area contributed by atoms with Crippen LogP contribution in [0.25, 0.3) is 0 Å². The molecule has 0 aromatic heterocycles. The van der Waals surface area contributed by atoms with Crippen LogP contribution in [0.1, 0.15) is 6.92 Å². The minimum Gasteiger partial charge on any atom is -0.290 e. The van der Waals surface area contributed by atoms with E-state index in [0.717, 1.165) is 0 Å². The van der Waals surface area contributed by atoms with Gasteiger partial charge in [0.15, 0.2) is 0 Å². The van der Waals surface area contributed by atoms with E-state index in [4.69, 9.17) is 0 Å². The summed E-state index contributed by atoms with van der Waals surface area (Å²) in [4.78, 5) is 24.0. The van der Waals surface area contributed by atoms with Gasteiger partial charge in [0.1, 0.15) is 5.82 Å². The van der Waals surface area contributed by atoms with Crippen LogP contribution in [0.3, 0.4) is 0 Å². The first-order valence-electron chi connectivity index (χ1n) is 4.96. The average molecular weight is 222 g/mol. The van der Waals surface area contributed by atoms with Crippen molar-refractivity contribution in [1.29, 1.82) is 0 Å². The fraction of sp³-hybridized carbons (Fsp3) is 0.273. The van der Waals surface area contributed by atoms with Crippen LogP contribution in [0.2, 0.25) is 0 Å². The molecule has 0 spiro atoms. The molecule has 1 saturated heterocycles. The van der Waals surface area contributed by atoms with Gasteiger partial charge >= 0.3 is 6.03 Å². The second-order valence-corrected chi connectivity index (χ2v) is 3.76. The molecule has 1 fully saturated rings. The van der Waals surface area contributed by atoms with Gasteiger partial charge in [-0.2, -0.15) is 0 Å². The van der Waals surface area contributed by atoms with E-state index in [1.807, 2.05) is 0 Å². The van der Waals surface area contributed by atoms with Gasteiger partial charge in [0, 0.05) is 6.54 Å². The Morgan fingerprint density at radius 2 is 2.06 bits per heavy atom. The van der Waals surface area contributed by atoms with E-state index in [-0.39, 0.29) is 24.1 Å². The van der Waals surface area contributed by atoms with Crippen LogP contribution in [0.4, 0.5) is 14.9 Å². The highest BCUT2D eigenvalue weighted by molar-refractivity contribution is 6.06. The van der Waals surface area contributed by atoms with E-state index >= 15 is 0 Å². The maximum Gasteiger partial charge on any atom is 0.328 e. The molecule has 1 heterocycles. The largest absolute Gasteiger partial charge is 0.328 e. The van der Waals surface area contributed by atoms with Gasteiger partial charge in [-0.3, -0.25) is 15.0 Å². The molecule has 1 aromatic carbocycles. The number of halogens is 1. The topological polar surface area (TPSA) is 49.4 Å². The number of anilines is 1. The van der Waals surface area contributed by atoms with Crippen molar-refractivity contribution in [2.75, 3.05) is 11.4 Å². The standard InChI is InChI=1S/C11H11FN2O2/c1-7-6-14(11(16)13-10(7)15)9-5-3-2-4-8(9)12/h2-5,7H,6H2,1H3,(H,13,15,16). The predicted octanol–water partition coefficient (Wildman–Crippen LogP) is 1.52. The maximum atomic E-state index is 13.5. The molecule has 1 unspecified atom stereocenters. The monoisotopic (exact) mass is 222 g/mol. The predicted molar refractivity (Wildman–Crippen MR) is 56.4 cm³/mol. The summed E-state index contributed by atoms with van der Waals surface area (Å²) >= 11 is 0. The Balaban J connectivity index is 2.31. The lowest BCUT2D eigenvalue weighted by molar-refractivity contribution is -0.123. The first-order chi connectivity index (χ1) is 7.59. The SMILES string of the molecule is CC1CN(c2ccccc2F)C(=O)NC1=O. The van der Waals surface area contributed by atoms with Crippen LogP contribution < -0.4 is 10.2 Å². The summed E-state index contributed by atoms with van der Waals surface area (Å²) in [5.41, 5.74) is 0.194. The van der Waals surface area contributed by atoms with Gasteiger partial charge in [0.2, 0.25) is 5.91 Å². The molecular weight excluding hydrogens is 211 g/mol. The van der Waals surface area contributed by atoms with Crippen LogP contribution in [-0.4, -0.2) is 18.5 Å². The molecule has 1 N–H and O–H groups in total. The molecular formula is C11H11FN2O2. The first kappa shape index (κ1) is 10.6. The van der Waals surface area contributed by atoms with Gasteiger partial charge in [0.05, 0.1) is 11.6 Å². The number of urea groups is 1. The minimum absolute atomic E-state index is 0.194. The van der Waals surface area contributed by atoms with E-state index in [1.165, 1.54) is 17.0 Å². The van der Waals surface area contributed by atoms with Crippen LogP contribution in [0.15, 0.2) is 24.3 Å². The molecule has 3 amide bonds.